The van der Waals surface area contributed by atoms with Crippen LogP contribution in [0.25, 0.3) is 0 Å². The van der Waals surface area contributed by atoms with E-state index in [1.807, 2.05) is 6.07 Å². The molecule has 0 spiro atoms. The van der Waals surface area contributed by atoms with Crippen LogP contribution >= 0.6 is 0 Å². The highest BCUT2D eigenvalue weighted by atomic mass is 32.2. The molecule has 1 fully saturated rings. The average Bonchev–Trinajstić information content (AvgIpc) is 2.92. The summed E-state index contributed by atoms with van der Waals surface area (Å²) in [5.41, 5.74) is 2.24. The highest BCUT2D eigenvalue weighted by Gasteiger charge is 2.31. The summed E-state index contributed by atoms with van der Waals surface area (Å²) in [4.78, 5) is 24.7. The number of aliphatic imine (C=N–C) groups is 2. The van der Waals surface area contributed by atoms with E-state index < -0.39 is 15.0 Å². The van der Waals surface area contributed by atoms with Crippen LogP contribution in [0.5, 0.6) is 11.5 Å². The molecule has 0 unspecified atom stereocenters. The van der Waals surface area contributed by atoms with Crippen molar-refractivity contribution in [2.75, 3.05) is 52.8 Å². The highest BCUT2D eigenvalue weighted by Crippen LogP contribution is 2.42. The molecule has 0 saturated carbocycles. The lowest BCUT2D eigenvalue weighted by Crippen LogP contribution is -2.37. The molecule has 1 saturated heterocycles. The van der Waals surface area contributed by atoms with Gasteiger partial charge in [0.1, 0.15) is 5.84 Å². The summed E-state index contributed by atoms with van der Waals surface area (Å²) in [5.74, 6) is 1.63. The molecule has 0 atom stereocenters. The van der Waals surface area contributed by atoms with Gasteiger partial charge in [0.2, 0.25) is 0 Å². The number of methoxy groups -OCH3 is 1. The third-order valence-corrected chi connectivity index (χ3v) is 7.11. The maximum Gasteiger partial charge on any atom is 0.276 e. The molecule has 0 radical (unpaired) electrons. The minimum Gasteiger partial charge on any atom is -0.493 e. The minimum absolute atomic E-state index is 0.166. The van der Waals surface area contributed by atoms with E-state index in [-0.39, 0.29) is 18.8 Å². The number of hydrogen-bond donors (Lipinski definition) is 0. The molecule has 2 aromatic carbocycles. The number of fused-ring (bicyclic) bond motifs is 4. The van der Waals surface area contributed by atoms with Gasteiger partial charge < -0.3 is 19.1 Å². The van der Waals surface area contributed by atoms with Crippen molar-refractivity contribution in [2.45, 2.75) is 19.6 Å². The number of rotatable bonds is 10. The van der Waals surface area contributed by atoms with Crippen LogP contribution in [0.2, 0.25) is 0 Å². The minimum atomic E-state index is -3.73. The van der Waals surface area contributed by atoms with E-state index in [2.05, 4.69) is 9.89 Å². The molecule has 39 heavy (non-hydrogen) atoms. The number of amidine groups is 1. The fourth-order valence-electron chi connectivity index (χ4n) is 4.65. The Hall–Kier alpha value is -3.59. The molecule has 13 nitrogen and oxygen atoms in total. The van der Waals surface area contributed by atoms with Crippen LogP contribution in [-0.2, 0) is 32.2 Å². The summed E-state index contributed by atoms with van der Waals surface area (Å²) < 4.78 is 44.8. The Morgan fingerprint density at radius 1 is 1.13 bits per heavy atom. The standard InChI is InChI=1S/C25H29N5O8S/c1-35-23-13-20-18(12-24(23)37-7-3-4-28-5-8-36-9-6-28)25-27-21-10-17(15-38-39(2,33)34)11-22(30(31)32)19(21)14-29(25)16-26-20/h10-13,16H,3-9,14-15H2,1-2H3. The van der Waals surface area contributed by atoms with Gasteiger partial charge in [-0.05, 0) is 24.1 Å². The Kier molecular flexibility index (Phi) is 7.79. The zero-order valence-corrected chi connectivity index (χ0v) is 22.5. The number of nitro groups is 1. The van der Waals surface area contributed by atoms with Crippen molar-refractivity contribution in [3.8, 4) is 11.5 Å². The number of benzene rings is 2. The molecule has 0 aromatic heterocycles. The first-order valence-electron chi connectivity index (χ1n) is 12.4. The van der Waals surface area contributed by atoms with Gasteiger partial charge >= 0.3 is 0 Å². The molecule has 3 heterocycles. The lowest BCUT2D eigenvalue weighted by molar-refractivity contribution is -0.385. The smallest absolute Gasteiger partial charge is 0.276 e. The molecular formula is C25H29N5O8S. The molecule has 3 aliphatic rings. The lowest BCUT2D eigenvalue weighted by atomic mass is 10.0. The first-order chi connectivity index (χ1) is 18.7. The van der Waals surface area contributed by atoms with Crippen LogP contribution < -0.4 is 9.47 Å². The summed E-state index contributed by atoms with van der Waals surface area (Å²) in [5, 5.41) is 11.8. The SMILES string of the molecule is COc1cc2c(cc1OCCCN1CCOCC1)C1=Nc3cc(COS(C)(=O)=O)cc([N+](=O)[O-])c3CN1C=N2. The van der Waals surface area contributed by atoms with Gasteiger partial charge in [-0.15, -0.1) is 0 Å². The second kappa shape index (κ2) is 11.3. The summed E-state index contributed by atoms with van der Waals surface area (Å²) >= 11 is 0. The summed E-state index contributed by atoms with van der Waals surface area (Å²) in [6, 6.07) is 6.52. The molecule has 2 aromatic rings. The second-order valence-electron chi connectivity index (χ2n) is 9.32. The molecule has 0 aliphatic carbocycles. The zero-order chi connectivity index (χ0) is 27.6. The number of hydrogen-bond acceptors (Lipinski definition) is 12. The van der Waals surface area contributed by atoms with Crippen molar-refractivity contribution in [2.24, 2.45) is 9.98 Å². The Bertz CT molecular complexity index is 1440. The average molecular weight is 560 g/mol. The molecule has 0 amide bonds. The van der Waals surface area contributed by atoms with Gasteiger partial charge in [0.05, 0.1) is 74.5 Å². The number of nitrogens with zero attached hydrogens (tertiary/aromatic N) is 5. The van der Waals surface area contributed by atoms with Crippen molar-refractivity contribution >= 4 is 39.4 Å². The van der Waals surface area contributed by atoms with Gasteiger partial charge in [0, 0.05) is 37.3 Å². The summed E-state index contributed by atoms with van der Waals surface area (Å²) in [6.07, 6.45) is 3.34. The molecule has 5 rings (SSSR count). The van der Waals surface area contributed by atoms with E-state index in [1.165, 1.54) is 6.07 Å². The van der Waals surface area contributed by atoms with E-state index in [4.69, 9.17) is 23.4 Å². The second-order valence-corrected chi connectivity index (χ2v) is 11.0. The van der Waals surface area contributed by atoms with Gasteiger partial charge in [0.25, 0.3) is 15.8 Å². The molecule has 14 heteroatoms. The predicted molar refractivity (Wildman–Crippen MR) is 143 cm³/mol. The summed E-state index contributed by atoms with van der Waals surface area (Å²) in [7, 11) is -2.16. The first kappa shape index (κ1) is 27.0. The maximum absolute atomic E-state index is 11.8. The normalized spacial score (nSPS) is 16.7. The third-order valence-electron chi connectivity index (χ3n) is 6.56. The quantitative estimate of drug-likeness (QED) is 0.184. The van der Waals surface area contributed by atoms with E-state index in [0.29, 0.717) is 52.0 Å². The van der Waals surface area contributed by atoms with E-state index in [0.717, 1.165) is 45.5 Å². The van der Waals surface area contributed by atoms with E-state index >= 15 is 0 Å². The van der Waals surface area contributed by atoms with Gasteiger partial charge in [0.15, 0.2) is 11.5 Å². The fourth-order valence-corrected chi connectivity index (χ4v) is 5.00. The molecule has 0 N–H and O–H groups in total. The van der Waals surface area contributed by atoms with Crippen LogP contribution in [0.1, 0.15) is 23.1 Å². The third kappa shape index (κ3) is 6.19. The Labute approximate surface area is 225 Å². The van der Waals surface area contributed by atoms with E-state index in [9.17, 15) is 18.5 Å². The Morgan fingerprint density at radius 2 is 1.92 bits per heavy atom. The maximum atomic E-state index is 11.8. The fraction of sp³-hybridized carbons (Fsp3) is 0.440. The number of nitro benzene ring substituents is 1. The van der Waals surface area contributed by atoms with Gasteiger partial charge in [-0.3, -0.25) is 19.2 Å². The van der Waals surface area contributed by atoms with Crippen molar-refractivity contribution in [3.63, 3.8) is 0 Å². The number of morpholine rings is 1. The van der Waals surface area contributed by atoms with Crippen molar-refractivity contribution in [1.82, 2.24) is 9.80 Å². The summed E-state index contributed by atoms with van der Waals surface area (Å²) in [6.45, 7) is 4.55. The van der Waals surface area contributed by atoms with Crippen LogP contribution in [0.3, 0.4) is 0 Å². The largest absolute Gasteiger partial charge is 0.493 e. The monoisotopic (exact) mass is 559 g/mol. The van der Waals surface area contributed by atoms with Crippen LogP contribution in [0, 0.1) is 10.1 Å². The van der Waals surface area contributed by atoms with Crippen molar-refractivity contribution in [1.29, 1.82) is 0 Å². The highest BCUT2D eigenvalue weighted by molar-refractivity contribution is 7.85. The number of ether oxygens (including phenoxy) is 3. The van der Waals surface area contributed by atoms with Gasteiger partial charge in [-0.2, -0.15) is 8.42 Å². The molecular weight excluding hydrogens is 530 g/mol. The lowest BCUT2D eigenvalue weighted by Gasteiger charge is -2.30. The van der Waals surface area contributed by atoms with Crippen LogP contribution in [0.4, 0.5) is 17.1 Å². The Morgan fingerprint density at radius 3 is 2.64 bits per heavy atom. The van der Waals surface area contributed by atoms with Crippen LogP contribution in [0.15, 0.2) is 34.3 Å². The zero-order valence-electron chi connectivity index (χ0n) is 21.7. The van der Waals surface area contributed by atoms with Gasteiger partial charge in [-0.1, -0.05) is 0 Å². The first-order valence-corrected chi connectivity index (χ1v) is 14.2. The molecule has 0 bridgehead atoms. The topological polar surface area (TPSA) is 145 Å². The Balaban J connectivity index is 1.43. The van der Waals surface area contributed by atoms with Gasteiger partial charge in [-0.25, -0.2) is 9.98 Å². The molecule has 3 aliphatic heterocycles. The molecule has 208 valence electrons. The van der Waals surface area contributed by atoms with Crippen molar-refractivity contribution < 1.29 is 31.7 Å². The van der Waals surface area contributed by atoms with Crippen molar-refractivity contribution in [3.05, 3.63) is 51.1 Å². The van der Waals surface area contributed by atoms with E-state index in [1.54, 1.807) is 30.5 Å². The predicted octanol–water partition coefficient (Wildman–Crippen LogP) is 2.75. The van der Waals surface area contributed by atoms with Crippen LogP contribution in [-0.4, -0.2) is 88.1 Å².